The van der Waals surface area contributed by atoms with Crippen molar-refractivity contribution in [1.29, 1.82) is 0 Å². The van der Waals surface area contributed by atoms with Crippen molar-refractivity contribution in [3.05, 3.63) is 58.4 Å². The van der Waals surface area contributed by atoms with Gasteiger partial charge in [-0.1, -0.05) is 12.1 Å². The fourth-order valence-electron chi connectivity index (χ4n) is 3.60. The number of likely N-dealkylation sites (tertiary alicyclic amines) is 1. The first-order chi connectivity index (χ1) is 12.2. The topological polar surface area (TPSA) is 66.8 Å². The maximum atomic E-state index is 12.2. The molecule has 3 heterocycles. The number of aryl methyl sites for hydroxylation is 1. The van der Waals surface area contributed by atoms with Crippen molar-refractivity contribution in [2.45, 2.75) is 32.2 Å². The minimum absolute atomic E-state index is 0.0517. The van der Waals surface area contributed by atoms with Crippen molar-refractivity contribution in [3.63, 3.8) is 0 Å². The van der Waals surface area contributed by atoms with Crippen LogP contribution in [-0.2, 0) is 6.42 Å². The molecular formula is C19H23N5O. The first-order valence-corrected chi connectivity index (χ1v) is 8.90. The summed E-state index contributed by atoms with van der Waals surface area (Å²) in [7, 11) is 0. The highest BCUT2D eigenvalue weighted by atomic mass is 16.1. The molecule has 4 rings (SSSR count). The summed E-state index contributed by atoms with van der Waals surface area (Å²) in [5, 5.41) is 5.12. The van der Waals surface area contributed by atoms with Gasteiger partial charge in [-0.25, -0.2) is 4.98 Å². The predicted octanol–water partition coefficient (Wildman–Crippen LogP) is 2.31. The van der Waals surface area contributed by atoms with Gasteiger partial charge < -0.3 is 9.88 Å². The Kier molecular flexibility index (Phi) is 4.36. The zero-order valence-corrected chi connectivity index (χ0v) is 14.5. The third-order valence-electron chi connectivity index (χ3n) is 4.91. The molecule has 0 radical (unpaired) electrons. The van der Waals surface area contributed by atoms with E-state index >= 15 is 0 Å². The first-order valence-electron chi connectivity index (χ1n) is 8.90. The van der Waals surface area contributed by atoms with Crippen LogP contribution in [0.15, 0.2) is 41.5 Å². The molecule has 1 aromatic carbocycles. The van der Waals surface area contributed by atoms with Gasteiger partial charge in [-0.2, -0.15) is 5.10 Å². The molecule has 6 nitrogen and oxygen atoms in total. The van der Waals surface area contributed by atoms with Gasteiger partial charge in [0.1, 0.15) is 5.82 Å². The number of hydrogen-bond donors (Lipinski definition) is 1. The van der Waals surface area contributed by atoms with Gasteiger partial charge in [-0.15, -0.1) is 0 Å². The number of hydrogen-bond acceptors (Lipinski definition) is 4. The summed E-state index contributed by atoms with van der Waals surface area (Å²) in [4.78, 5) is 22.1. The van der Waals surface area contributed by atoms with Crippen molar-refractivity contribution < 1.29 is 0 Å². The molecule has 2 aromatic heterocycles. The van der Waals surface area contributed by atoms with E-state index in [0.717, 1.165) is 37.4 Å². The summed E-state index contributed by atoms with van der Waals surface area (Å²) >= 11 is 0. The first kappa shape index (κ1) is 16.0. The van der Waals surface area contributed by atoms with Crippen molar-refractivity contribution in [3.8, 4) is 0 Å². The number of aromatic nitrogens is 4. The lowest BCUT2D eigenvalue weighted by Crippen LogP contribution is -2.38. The van der Waals surface area contributed by atoms with Gasteiger partial charge in [0.15, 0.2) is 0 Å². The van der Waals surface area contributed by atoms with Crippen molar-refractivity contribution in [1.82, 2.24) is 24.6 Å². The number of benzene rings is 1. The zero-order valence-electron chi connectivity index (χ0n) is 14.5. The Morgan fingerprint density at radius 3 is 3.04 bits per heavy atom. The second-order valence-corrected chi connectivity index (χ2v) is 6.87. The summed E-state index contributed by atoms with van der Waals surface area (Å²) in [6.45, 7) is 5.07. The highest BCUT2D eigenvalue weighted by Crippen LogP contribution is 2.21. The normalized spacial score (nSPS) is 18.7. The van der Waals surface area contributed by atoms with Gasteiger partial charge in [-0.3, -0.25) is 9.48 Å². The molecule has 1 aliphatic heterocycles. The highest BCUT2D eigenvalue weighted by molar-refractivity contribution is 5.77. The lowest BCUT2D eigenvalue weighted by Gasteiger charge is -2.32. The summed E-state index contributed by atoms with van der Waals surface area (Å²) in [6.07, 6.45) is 7.14. The number of nitrogens with one attached hydrogen (secondary N) is 1. The van der Waals surface area contributed by atoms with E-state index < -0.39 is 0 Å². The van der Waals surface area contributed by atoms with E-state index in [1.54, 1.807) is 0 Å². The van der Waals surface area contributed by atoms with Crippen molar-refractivity contribution >= 4 is 10.9 Å². The molecule has 25 heavy (non-hydrogen) atoms. The van der Waals surface area contributed by atoms with Crippen LogP contribution in [0.1, 0.15) is 30.3 Å². The minimum Gasteiger partial charge on any atom is -0.310 e. The molecule has 1 N–H and O–H groups in total. The monoisotopic (exact) mass is 337 g/mol. The van der Waals surface area contributed by atoms with Crippen LogP contribution in [-0.4, -0.2) is 44.3 Å². The molecule has 1 fully saturated rings. The van der Waals surface area contributed by atoms with Crippen LogP contribution in [0.2, 0.25) is 0 Å². The van der Waals surface area contributed by atoms with Crippen LogP contribution in [0, 0.1) is 6.92 Å². The molecule has 1 saturated heterocycles. The number of rotatable bonds is 4. The summed E-state index contributed by atoms with van der Waals surface area (Å²) < 4.78 is 2.09. The van der Waals surface area contributed by atoms with Crippen LogP contribution in [0.4, 0.5) is 0 Å². The number of para-hydroxylation sites is 1. The molecule has 1 unspecified atom stereocenters. The number of piperidine rings is 1. The average molecular weight is 337 g/mol. The van der Waals surface area contributed by atoms with Gasteiger partial charge in [0.25, 0.3) is 5.56 Å². The number of H-pyrrole nitrogens is 1. The van der Waals surface area contributed by atoms with Gasteiger partial charge in [0.05, 0.1) is 23.1 Å². The third kappa shape index (κ3) is 3.49. The molecule has 1 atom stereocenters. The Bertz CT molecular complexity index is 929. The molecular weight excluding hydrogens is 314 g/mol. The SMILES string of the molecule is Cc1cnn(C2CCCN(CCc3nc4ccccc4c(=O)[nH]3)C2)c1. The van der Waals surface area contributed by atoms with Crippen LogP contribution in [0.25, 0.3) is 10.9 Å². The van der Waals surface area contributed by atoms with Crippen molar-refractivity contribution in [2.75, 3.05) is 19.6 Å². The van der Waals surface area contributed by atoms with E-state index in [4.69, 9.17) is 0 Å². The Balaban J connectivity index is 1.43. The molecule has 130 valence electrons. The minimum atomic E-state index is -0.0517. The second kappa shape index (κ2) is 6.80. The average Bonchev–Trinajstić information content (AvgIpc) is 3.07. The molecule has 1 aliphatic rings. The second-order valence-electron chi connectivity index (χ2n) is 6.87. The zero-order chi connectivity index (χ0) is 17.2. The van der Waals surface area contributed by atoms with Crippen molar-refractivity contribution in [2.24, 2.45) is 0 Å². The van der Waals surface area contributed by atoms with E-state index in [-0.39, 0.29) is 5.56 Å². The fourth-order valence-corrected chi connectivity index (χ4v) is 3.60. The fraction of sp³-hybridized carbons (Fsp3) is 0.421. The maximum absolute atomic E-state index is 12.2. The predicted molar refractivity (Wildman–Crippen MR) is 97.7 cm³/mol. The van der Waals surface area contributed by atoms with Crippen LogP contribution < -0.4 is 5.56 Å². The van der Waals surface area contributed by atoms with Gasteiger partial charge in [-0.05, 0) is 44.0 Å². The molecule has 0 aliphatic carbocycles. The molecule has 0 saturated carbocycles. The van der Waals surface area contributed by atoms with Gasteiger partial charge in [0.2, 0.25) is 0 Å². The lowest BCUT2D eigenvalue weighted by atomic mass is 10.1. The smallest absolute Gasteiger partial charge is 0.258 e. The summed E-state index contributed by atoms with van der Waals surface area (Å²) in [5.41, 5.74) is 1.92. The third-order valence-corrected chi connectivity index (χ3v) is 4.91. The number of aromatic amines is 1. The van der Waals surface area contributed by atoms with E-state index in [9.17, 15) is 4.79 Å². The van der Waals surface area contributed by atoms with Gasteiger partial charge >= 0.3 is 0 Å². The molecule has 0 bridgehead atoms. The molecule has 0 amide bonds. The lowest BCUT2D eigenvalue weighted by molar-refractivity contribution is 0.171. The molecule has 0 spiro atoms. The van der Waals surface area contributed by atoms with E-state index in [1.807, 2.05) is 30.5 Å². The Labute approximate surface area is 146 Å². The highest BCUT2D eigenvalue weighted by Gasteiger charge is 2.21. The van der Waals surface area contributed by atoms with Crippen LogP contribution in [0.3, 0.4) is 0 Å². The maximum Gasteiger partial charge on any atom is 0.258 e. The molecule has 3 aromatic rings. The standard InChI is InChI=1S/C19H23N5O/c1-14-11-20-24(12-14)15-5-4-9-23(13-15)10-8-18-21-17-7-3-2-6-16(17)19(25)22-18/h2-3,6-7,11-12,15H,4-5,8-10,13H2,1H3,(H,21,22,25). The largest absolute Gasteiger partial charge is 0.310 e. The van der Waals surface area contributed by atoms with E-state index in [0.29, 0.717) is 11.4 Å². The van der Waals surface area contributed by atoms with E-state index in [1.165, 1.54) is 18.4 Å². The summed E-state index contributed by atoms with van der Waals surface area (Å²) in [5.74, 6) is 0.765. The Morgan fingerprint density at radius 2 is 2.20 bits per heavy atom. The number of nitrogens with zero attached hydrogens (tertiary/aromatic N) is 4. The number of fused-ring (bicyclic) bond motifs is 1. The van der Waals surface area contributed by atoms with Crippen LogP contribution >= 0.6 is 0 Å². The van der Waals surface area contributed by atoms with E-state index in [2.05, 4.69) is 37.8 Å². The van der Waals surface area contributed by atoms with Gasteiger partial charge in [0, 0.05) is 25.7 Å². The Hall–Kier alpha value is -2.47. The van der Waals surface area contributed by atoms with Crippen LogP contribution in [0.5, 0.6) is 0 Å². The quantitative estimate of drug-likeness (QED) is 0.793. The summed E-state index contributed by atoms with van der Waals surface area (Å²) in [6, 6.07) is 7.92. The molecule has 6 heteroatoms. The Morgan fingerprint density at radius 1 is 1.32 bits per heavy atom.